The Bertz CT molecular complexity index is 2220. The predicted octanol–water partition coefficient (Wildman–Crippen LogP) is -2.97. The van der Waals surface area contributed by atoms with Gasteiger partial charge in [-0.05, 0) is 111 Å². The van der Waals surface area contributed by atoms with E-state index < -0.39 is 177 Å². The molecule has 0 radical (unpaired) electrons. The van der Waals surface area contributed by atoms with E-state index in [-0.39, 0.29) is 40.6 Å². The average molecular weight is 1140 g/mol. The van der Waals surface area contributed by atoms with Crippen LogP contribution >= 0.6 is 0 Å². The topological polar surface area (TPSA) is 411 Å². The Morgan fingerprint density at radius 3 is 1.76 bits per heavy atom. The highest BCUT2D eigenvalue weighted by Crippen LogP contribution is 2.76. The number of allylic oxidation sites excluding steroid dienone is 2. The van der Waals surface area contributed by atoms with Crippen molar-refractivity contribution >= 4 is 11.9 Å². The maximum Gasteiger partial charge on any atom is 0.335 e. The molecular formula is C54H86O25. The van der Waals surface area contributed by atoms with Gasteiger partial charge in [-0.2, -0.15) is 0 Å². The quantitative estimate of drug-likeness (QED) is 0.0497. The van der Waals surface area contributed by atoms with Crippen molar-refractivity contribution in [1.82, 2.24) is 0 Å². The fourth-order valence-electron chi connectivity index (χ4n) is 16.4. The number of fused-ring (bicyclic) bond motifs is 7. The van der Waals surface area contributed by atoms with Crippen molar-refractivity contribution in [3.63, 3.8) is 0 Å². The normalized spacial score (nSPS) is 54.8. The van der Waals surface area contributed by atoms with Gasteiger partial charge in [0.05, 0.1) is 37.9 Å². The average Bonchev–Trinajstić information content (AvgIpc) is 3.56. The molecule has 25 nitrogen and oxygen atoms in total. The van der Waals surface area contributed by atoms with Gasteiger partial charge in [-0.3, -0.25) is 4.79 Å². The highest BCUT2D eigenvalue weighted by Gasteiger charge is 2.70. The molecule has 15 N–H and O–H groups in total. The third kappa shape index (κ3) is 10.1. The van der Waals surface area contributed by atoms with Crippen LogP contribution in [0.2, 0.25) is 0 Å². The fourth-order valence-corrected chi connectivity index (χ4v) is 16.4. The number of esters is 1. The van der Waals surface area contributed by atoms with Crippen LogP contribution in [0.25, 0.3) is 0 Å². The molecule has 0 aromatic heterocycles. The summed E-state index contributed by atoms with van der Waals surface area (Å²) in [5.41, 5.74) is -2.00. The zero-order chi connectivity index (χ0) is 57.9. The van der Waals surface area contributed by atoms with Crippen molar-refractivity contribution in [2.45, 2.75) is 235 Å². The summed E-state index contributed by atoms with van der Waals surface area (Å²) in [6.45, 7) is 10.5. The summed E-state index contributed by atoms with van der Waals surface area (Å²) in [7, 11) is 0. The molecule has 0 unspecified atom stereocenters. The maximum absolute atomic E-state index is 14.5. The zero-order valence-corrected chi connectivity index (χ0v) is 45.6. The number of hydrogen-bond donors (Lipinski definition) is 15. The van der Waals surface area contributed by atoms with E-state index in [2.05, 4.69) is 33.8 Å². The summed E-state index contributed by atoms with van der Waals surface area (Å²) in [5, 5.41) is 159. The Morgan fingerprint density at radius 2 is 1.15 bits per heavy atom. The van der Waals surface area contributed by atoms with Gasteiger partial charge in [0.15, 0.2) is 25.0 Å². The summed E-state index contributed by atoms with van der Waals surface area (Å²) in [6, 6.07) is 0. The second-order valence-electron chi connectivity index (χ2n) is 26.1. The third-order valence-electron chi connectivity index (χ3n) is 21.8. The Kier molecular flexibility index (Phi) is 17.4. The van der Waals surface area contributed by atoms with Crippen LogP contribution < -0.4 is 0 Å². The van der Waals surface area contributed by atoms with Gasteiger partial charge < -0.3 is 114 Å². The summed E-state index contributed by atoms with van der Waals surface area (Å²) >= 11 is 0. The number of aliphatic hydroxyl groups is 14. The molecule has 25 heteroatoms. The first-order chi connectivity index (χ1) is 37.0. The molecule has 4 aliphatic heterocycles. The summed E-state index contributed by atoms with van der Waals surface area (Å²) in [4.78, 5) is 26.9. The molecule has 4 heterocycles. The second kappa shape index (κ2) is 22.4. The minimum absolute atomic E-state index is 0.0610. The van der Waals surface area contributed by atoms with Gasteiger partial charge in [0.25, 0.3) is 0 Å². The molecule has 30 atom stereocenters. The Hall–Kier alpha value is -2.16. The van der Waals surface area contributed by atoms with Crippen molar-refractivity contribution in [3.05, 3.63) is 11.6 Å². The van der Waals surface area contributed by atoms with E-state index in [1.165, 1.54) is 5.57 Å². The molecule has 0 bridgehead atoms. The van der Waals surface area contributed by atoms with Gasteiger partial charge in [0.2, 0.25) is 6.29 Å². The van der Waals surface area contributed by atoms with E-state index in [9.17, 15) is 86.2 Å². The van der Waals surface area contributed by atoms with Gasteiger partial charge in [-0.1, -0.05) is 46.3 Å². The van der Waals surface area contributed by atoms with Crippen molar-refractivity contribution in [3.8, 4) is 0 Å². The Morgan fingerprint density at radius 1 is 0.582 bits per heavy atom. The summed E-state index contributed by atoms with van der Waals surface area (Å²) < 4.78 is 46.7. The highest BCUT2D eigenvalue weighted by molar-refractivity contribution is 5.77. The molecule has 5 aliphatic carbocycles. The number of carbonyl (C=O) groups excluding carboxylic acids is 1. The lowest BCUT2D eigenvalue weighted by Crippen LogP contribution is -2.68. The molecule has 0 amide bonds. The number of carboxylic acid groups (broad SMARTS) is 1. The van der Waals surface area contributed by atoms with Gasteiger partial charge >= 0.3 is 11.9 Å². The lowest BCUT2D eigenvalue weighted by Gasteiger charge is -2.71. The van der Waals surface area contributed by atoms with Crippen molar-refractivity contribution in [2.75, 3.05) is 26.4 Å². The molecule has 8 fully saturated rings. The molecule has 9 aliphatic rings. The smallest absolute Gasteiger partial charge is 0.335 e. The van der Waals surface area contributed by atoms with Crippen LogP contribution in [0.3, 0.4) is 0 Å². The van der Waals surface area contributed by atoms with Crippen LogP contribution in [0, 0.1) is 50.2 Å². The zero-order valence-electron chi connectivity index (χ0n) is 45.6. The number of aliphatic carboxylic acids is 1. The number of aliphatic hydroxyl groups excluding tert-OH is 14. The first kappa shape index (κ1) is 61.4. The Labute approximate surface area is 457 Å². The number of carbonyl (C=O) groups is 2. The monoisotopic (exact) mass is 1130 g/mol. The van der Waals surface area contributed by atoms with Crippen LogP contribution in [-0.2, 0) is 47.5 Å². The number of carboxylic acids is 1. The molecular weight excluding hydrogens is 1050 g/mol. The molecule has 4 saturated carbocycles. The van der Waals surface area contributed by atoms with E-state index in [0.29, 0.717) is 44.9 Å². The van der Waals surface area contributed by atoms with Crippen LogP contribution in [0.1, 0.15) is 106 Å². The molecule has 9 rings (SSSR count). The standard InChI is InChI=1S/C54H86O25/c1-49-13-14-50(2,48(71)79-46-40(68)35(63)32(60)26(75-46)20-72-44-38(66)33(61)30(58)24(18-55)73-44)17-23(49)22-7-8-28-51(3)11-10-29(52(4,21-57)27(51)9-12-54(28,6)53(22,5)16-15-49)76-47-42(37(65)36(64)41(77-47)43(69)70)78-45-39(67)34(62)31(59)25(19-56)74-45/h7,23-42,44-47,55-68H,8-21H2,1-6H3,(H,69,70)/t23-,24+,25+,26+,27+,28+,29-,30+,31+,32+,33-,34-,35-,36-,37-,38+,39+,40+,41-,42+,44+,45-,46-,47+,49+,50+,51-,52+,53+,54+/m0/s1. The van der Waals surface area contributed by atoms with Crippen LogP contribution in [0.15, 0.2) is 11.6 Å². The summed E-state index contributed by atoms with van der Waals surface area (Å²) in [6.07, 6.45) is -26.9. The SMILES string of the molecule is C[C@@]1(C(=O)O[C@@H]2O[C@H](CO[C@@H]3O[C@H](CO)[C@@H](O)[C@H](O)[C@H]3O)[C@@H](O)[C@H](O)[C@H]2O)CC[C@]2(C)CC[C@]3(C)C(=CC[C@@H]4[C@@]5(C)CC[C@H](O[C@@H]6O[C@H](C(=O)O)[C@@H](O)[C@H](O)[C@H]6O[C@@H]6O[C@H](CO)[C@@H](O)[C@H](O)[C@H]6O)[C@](C)(CO)[C@@H]5CC[C@]43C)[C@@H]2C1. The van der Waals surface area contributed by atoms with E-state index in [1.54, 1.807) is 0 Å². The minimum atomic E-state index is -2.04. The molecule has 0 aromatic rings. The third-order valence-corrected chi connectivity index (χ3v) is 21.8. The minimum Gasteiger partial charge on any atom is -0.479 e. The highest BCUT2D eigenvalue weighted by atomic mass is 16.8. The lowest BCUT2D eigenvalue weighted by atomic mass is 9.33. The van der Waals surface area contributed by atoms with Crippen molar-refractivity contribution in [2.24, 2.45) is 50.2 Å². The summed E-state index contributed by atoms with van der Waals surface area (Å²) in [5.74, 6) is -2.42. The van der Waals surface area contributed by atoms with Crippen molar-refractivity contribution in [1.29, 1.82) is 0 Å². The van der Waals surface area contributed by atoms with E-state index >= 15 is 0 Å². The van der Waals surface area contributed by atoms with Crippen molar-refractivity contribution < 1.29 is 124 Å². The van der Waals surface area contributed by atoms with Gasteiger partial charge in [0.1, 0.15) is 91.6 Å². The Balaban J connectivity index is 0.914. The van der Waals surface area contributed by atoms with Gasteiger partial charge in [0, 0.05) is 5.41 Å². The van der Waals surface area contributed by atoms with Gasteiger partial charge in [-0.15, -0.1) is 0 Å². The first-order valence-electron chi connectivity index (χ1n) is 28.0. The largest absolute Gasteiger partial charge is 0.479 e. The molecule has 452 valence electrons. The van der Waals surface area contributed by atoms with E-state index in [0.717, 1.165) is 19.3 Å². The molecule has 0 aromatic carbocycles. The molecule has 4 saturated heterocycles. The van der Waals surface area contributed by atoms with E-state index in [4.69, 9.17) is 37.9 Å². The van der Waals surface area contributed by atoms with Gasteiger partial charge in [-0.25, -0.2) is 4.79 Å². The number of hydrogen-bond acceptors (Lipinski definition) is 24. The number of ether oxygens (including phenoxy) is 8. The molecule has 0 spiro atoms. The van der Waals surface area contributed by atoms with Crippen LogP contribution in [0.5, 0.6) is 0 Å². The number of rotatable bonds is 13. The fraction of sp³-hybridized carbons (Fsp3) is 0.926. The second-order valence-corrected chi connectivity index (χ2v) is 26.1. The lowest BCUT2D eigenvalue weighted by molar-refractivity contribution is -0.375. The molecule has 79 heavy (non-hydrogen) atoms. The first-order valence-corrected chi connectivity index (χ1v) is 28.0. The van der Waals surface area contributed by atoms with E-state index in [1.807, 2.05) is 13.8 Å². The van der Waals surface area contributed by atoms with Crippen LogP contribution in [0.4, 0.5) is 0 Å². The van der Waals surface area contributed by atoms with Crippen LogP contribution in [-0.4, -0.2) is 244 Å². The maximum atomic E-state index is 14.5. The predicted molar refractivity (Wildman–Crippen MR) is 265 cm³/mol.